The van der Waals surface area contributed by atoms with E-state index in [1.165, 1.54) is 12.1 Å². The van der Waals surface area contributed by atoms with Crippen LogP contribution in [0.25, 0.3) is 0 Å². The number of benzene rings is 2. The van der Waals surface area contributed by atoms with E-state index < -0.39 is 11.7 Å². The number of rotatable bonds is 7. The molecule has 140 valence electrons. The highest BCUT2D eigenvalue weighted by molar-refractivity contribution is 5.92. The average Bonchev–Trinajstić information content (AvgIpc) is 2.61. The SMILES string of the molecule is CCN(CC(=O)Nc1ccc(OC)cc1)Cc1ccccc1C(F)(F)F. The Kier molecular flexibility index (Phi) is 6.63. The summed E-state index contributed by atoms with van der Waals surface area (Å²) in [5.41, 5.74) is 0.0793. The van der Waals surface area contributed by atoms with Crippen molar-refractivity contribution in [1.82, 2.24) is 4.90 Å². The average molecular weight is 366 g/mol. The number of alkyl halides is 3. The molecule has 7 heteroatoms. The largest absolute Gasteiger partial charge is 0.497 e. The Balaban J connectivity index is 2.02. The molecule has 0 heterocycles. The minimum absolute atomic E-state index is 0.00524. The summed E-state index contributed by atoms with van der Waals surface area (Å²) in [6.45, 7) is 2.29. The van der Waals surface area contributed by atoms with Gasteiger partial charge in [-0.3, -0.25) is 9.69 Å². The predicted molar refractivity (Wildman–Crippen MR) is 94.0 cm³/mol. The number of nitrogens with zero attached hydrogens (tertiary/aromatic N) is 1. The molecule has 2 aromatic rings. The van der Waals surface area contributed by atoms with E-state index in [9.17, 15) is 18.0 Å². The van der Waals surface area contributed by atoms with Crippen LogP contribution in [0.3, 0.4) is 0 Å². The molecule has 0 radical (unpaired) electrons. The number of amides is 1. The Morgan fingerprint density at radius 1 is 1.12 bits per heavy atom. The van der Waals surface area contributed by atoms with E-state index in [4.69, 9.17) is 4.74 Å². The Labute approximate surface area is 150 Å². The fraction of sp³-hybridized carbons (Fsp3) is 0.316. The number of carbonyl (C=O) groups excluding carboxylic acids is 1. The van der Waals surface area contributed by atoms with Crippen LogP contribution in [0.2, 0.25) is 0 Å². The Hall–Kier alpha value is -2.54. The summed E-state index contributed by atoms with van der Waals surface area (Å²) < 4.78 is 44.4. The van der Waals surface area contributed by atoms with E-state index in [2.05, 4.69) is 5.32 Å². The maximum atomic E-state index is 13.1. The van der Waals surface area contributed by atoms with Crippen molar-refractivity contribution in [3.63, 3.8) is 0 Å². The second-order valence-electron chi connectivity index (χ2n) is 5.73. The summed E-state index contributed by atoms with van der Waals surface area (Å²) in [4.78, 5) is 13.9. The summed E-state index contributed by atoms with van der Waals surface area (Å²) >= 11 is 0. The fourth-order valence-electron chi connectivity index (χ4n) is 2.53. The Bertz CT molecular complexity index is 730. The van der Waals surface area contributed by atoms with Gasteiger partial charge in [-0.1, -0.05) is 25.1 Å². The maximum absolute atomic E-state index is 13.1. The lowest BCUT2D eigenvalue weighted by Crippen LogP contribution is -2.33. The van der Waals surface area contributed by atoms with Crippen molar-refractivity contribution >= 4 is 11.6 Å². The first-order valence-electron chi connectivity index (χ1n) is 8.15. The summed E-state index contributed by atoms with van der Waals surface area (Å²) in [6, 6.07) is 12.2. The topological polar surface area (TPSA) is 41.6 Å². The molecular formula is C19H21F3N2O2. The van der Waals surface area contributed by atoms with E-state index in [0.29, 0.717) is 18.0 Å². The van der Waals surface area contributed by atoms with Crippen LogP contribution in [0.15, 0.2) is 48.5 Å². The minimum Gasteiger partial charge on any atom is -0.497 e. The van der Waals surface area contributed by atoms with Gasteiger partial charge in [0.05, 0.1) is 19.2 Å². The third kappa shape index (κ3) is 5.49. The first-order chi connectivity index (χ1) is 12.3. The molecule has 26 heavy (non-hydrogen) atoms. The first-order valence-corrected chi connectivity index (χ1v) is 8.15. The van der Waals surface area contributed by atoms with Gasteiger partial charge >= 0.3 is 6.18 Å². The molecule has 1 amide bonds. The second kappa shape index (κ2) is 8.71. The Morgan fingerprint density at radius 3 is 2.35 bits per heavy atom. The number of hydrogen-bond acceptors (Lipinski definition) is 3. The molecule has 0 atom stereocenters. The van der Waals surface area contributed by atoms with Crippen molar-refractivity contribution in [2.75, 3.05) is 25.5 Å². The smallest absolute Gasteiger partial charge is 0.416 e. The number of anilines is 1. The highest BCUT2D eigenvalue weighted by Gasteiger charge is 2.33. The summed E-state index contributed by atoms with van der Waals surface area (Å²) in [7, 11) is 1.55. The molecular weight excluding hydrogens is 345 g/mol. The highest BCUT2D eigenvalue weighted by atomic mass is 19.4. The molecule has 2 aromatic carbocycles. The van der Waals surface area contributed by atoms with Crippen molar-refractivity contribution in [3.05, 3.63) is 59.7 Å². The molecule has 0 spiro atoms. The van der Waals surface area contributed by atoms with Gasteiger partial charge in [0, 0.05) is 12.2 Å². The van der Waals surface area contributed by atoms with Gasteiger partial charge in [0.1, 0.15) is 5.75 Å². The van der Waals surface area contributed by atoms with Crippen molar-refractivity contribution in [3.8, 4) is 5.75 Å². The third-order valence-electron chi connectivity index (χ3n) is 3.90. The maximum Gasteiger partial charge on any atom is 0.416 e. The summed E-state index contributed by atoms with van der Waals surface area (Å²) in [6.07, 6.45) is -4.42. The molecule has 4 nitrogen and oxygen atoms in total. The zero-order chi connectivity index (χ0) is 19.2. The second-order valence-corrected chi connectivity index (χ2v) is 5.73. The minimum atomic E-state index is -4.42. The molecule has 0 aromatic heterocycles. The van der Waals surface area contributed by atoms with E-state index in [1.807, 2.05) is 0 Å². The molecule has 0 aliphatic rings. The predicted octanol–water partition coefficient (Wildman–Crippen LogP) is 4.17. The number of halogens is 3. The number of carbonyl (C=O) groups is 1. The fourth-order valence-corrected chi connectivity index (χ4v) is 2.53. The lowest BCUT2D eigenvalue weighted by Gasteiger charge is -2.22. The Morgan fingerprint density at radius 2 is 1.77 bits per heavy atom. The molecule has 0 aliphatic carbocycles. The standard InChI is InChI=1S/C19H21F3N2O2/c1-3-24(12-14-6-4-5-7-17(14)19(20,21)22)13-18(25)23-15-8-10-16(26-2)11-9-15/h4-11H,3,12-13H2,1-2H3,(H,23,25). The monoisotopic (exact) mass is 366 g/mol. The zero-order valence-electron chi connectivity index (χ0n) is 14.6. The molecule has 0 saturated carbocycles. The summed E-state index contributed by atoms with van der Waals surface area (Å²) in [5.74, 6) is 0.378. The van der Waals surface area contributed by atoms with Crippen molar-refractivity contribution < 1.29 is 22.7 Å². The molecule has 0 saturated heterocycles. The van der Waals surface area contributed by atoms with Gasteiger partial charge in [0.25, 0.3) is 0 Å². The molecule has 0 fully saturated rings. The molecule has 1 N–H and O–H groups in total. The van der Waals surface area contributed by atoms with Crippen LogP contribution < -0.4 is 10.1 Å². The van der Waals surface area contributed by atoms with Gasteiger partial charge < -0.3 is 10.1 Å². The van der Waals surface area contributed by atoms with Crippen LogP contribution in [0, 0.1) is 0 Å². The lowest BCUT2D eigenvalue weighted by atomic mass is 10.1. The van der Waals surface area contributed by atoms with Crippen LogP contribution in [-0.4, -0.2) is 31.0 Å². The molecule has 0 aliphatic heterocycles. The van der Waals surface area contributed by atoms with Gasteiger partial charge in [0.15, 0.2) is 0 Å². The van der Waals surface area contributed by atoms with Crippen molar-refractivity contribution in [2.45, 2.75) is 19.6 Å². The van der Waals surface area contributed by atoms with Crippen LogP contribution in [0.1, 0.15) is 18.1 Å². The van der Waals surface area contributed by atoms with Crippen molar-refractivity contribution in [2.24, 2.45) is 0 Å². The van der Waals surface area contributed by atoms with Crippen LogP contribution in [0.4, 0.5) is 18.9 Å². The van der Waals surface area contributed by atoms with Crippen LogP contribution in [0.5, 0.6) is 5.75 Å². The molecule has 0 bridgehead atoms. The lowest BCUT2D eigenvalue weighted by molar-refractivity contribution is -0.138. The highest BCUT2D eigenvalue weighted by Crippen LogP contribution is 2.32. The van der Waals surface area contributed by atoms with Gasteiger partial charge in [-0.05, 0) is 42.4 Å². The molecule has 2 rings (SSSR count). The van der Waals surface area contributed by atoms with E-state index in [1.54, 1.807) is 49.3 Å². The number of nitrogens with one attached hydrogen (secondary N) is 1. The number of methoxy groups -OCH3 is 1. The van der Waals surface area contributed by atoms with Gasteiger partial charge in [-0.15, -0.1) is 0 Å². The van der Waals surface area contributed by atoms with Crippen LogP contribution in [-0.2, 0) is 17.5 Å². The third-order valence-corrected chi connectivity index (χ3v) is 3.90. The van der Waals surface area contributed by atoms with Crippen LogP contribution >= 0.6 is 0 Å². The number of hydrogen-bond donors (Lipinski definition) is 1. The quantitative estimate of drug-likeness (QED) is 0.800. The van der Waals surface area contributed by atoms with Gasteiger partial charge in [0.2, 0.25) is 5.91 Å². The van der Waals surface area contributed by atoms with E-state index in [-0.39, 0.29) is 24.6 Å². The normalized spacial score (nSPS) is 11.5. The van der Waals surface area contributed by atoms with Gasteiger partial charge in [-0.25, -0.2) is 0 Å². The summed E-state index contributed by atoms with van der Waals surface area (Å²) in [5, 5.41) is 2.73. The first kappa shape index (κ1) is 19.8. The number of ether oxygens (including phenoxy) is 1. The van der Waals surface area contributed by atoms with E-state index >= 15 is 0 Å². The van der Waals surface area contributed by atoms with Gasteiger partial charge in [-0.2, -0.15) is 13.2 Å². The van der Waals surface area contributed by atoms with E-state index in [0.717, 1.165) is 6.07 Å². The molecule has 0 unspecified atom stereocenters. The zero-order valence-corrected chi connectivity index (χ0v) is 14.6. The number of likely N-dealkylation sites (N-methyl/N-ethyl adjacent to an activating group) is 1. The van der Waals surface area contributed by atoms with Crippen molar-refractivity contribution in [1.29, 1.82) is 0 Å².